The summed E-state index contributed by atoms with van der Waals surface area (Å²) in [6.07, 6.45) is 2.90. The molecule has 0 spiro atoms. The van der Waals surface area contributed by atoms with Gasteiger partial charge in [0.25, 0.3) is 0 Å². The lowest BCUT2D eigenvalue weighted by Crippen LogP contribution is -2.36. The SMILES string of the molecule is CC(NC(=O)C1CCC1)c1ccc(F)cc1F. The summed E-state index contributed by atoms with van der Waals surface area (Å²) >= 11 is 0. The molecule has 2 rings (SSSR count). The smallest absolute Gasteiger partial charge is 0.223 e. The number of carbonyl (C=O) groups excluding carboxylic acids is 1. The lowest BCUT2D eigenvalue weighted by atomic mass is 9.84. The molecule has 1 fully saturated rings. The minimum atomic E-state index is -0.619. The third kappa shape index (κ3) is 2.62. The molecule has 0 saturated heterocycles. The molecule has 1 N–H and O–H groups in total. The summed E-state index contributed by atoms with van der Waals surface area (Å²) in [4.78, 5) is 11.7. The summed E-state index contributed by atoms with van der Waals surface area (Å²) in [5.74, 6) is -1.19. The van der Waals surface area contributed by atoms with E-state index in [0.717, 1.165) is 25.3 Å². The van der Waals surface area contributed by atoms with E-state index in [1.54, 1.807) is 6.92 Å². The number of hydrogen-bond acceptors (Lipinski definition) is 1. The van der Waals surface area contributed by atoms with Crippen molar-refractivity contribution in [1.29, 1.82) is 0 Å². The fourth-order valence-corrected chi connectivity index (χ4v) is 1.93. The Hall–Kier alpha value is -1.45. The minimum absolute atomic E-state index is 0.0347. The average molecular weight is 239 g/mol. The second-order valence-corrected chi connectivity index (χ2v) is 4.52. The largest absolute Gasteiger partial charge is 0.349 e. The maximum Gasteiger partial charge on any atom is 0.223 e. The lowest BCUT2D eigenvalue weighted by Gasteiger charge is -2.26. The van der Waals surface area contributed by atoms with Crippen LogP contribution < -0.4 is 5.32 Å². The van der Waals surface area contributed by atoms with Gasteiger partial charge in [-0.05, 0) is 25.8 Å². The molecule has 1 aliphatic rings. The Labute approximate surface area is 99.0 Å². The molecule has 0 aliphatic heterocycles. The Kier molecular flexibility index (Phi) is 3.41. The first-order valence-corrected chi connectivity index (χ1v) is 5.83. The van der Waals surface area contributed by atoms with Crippen molar-refractivity contribution in [1.82, 2.24) is 5.32 Å². The van der Waals surface area contributed by atoms with Crippen molar-refractivity contribution in [3.63, 3.8) is 0 Å². The van der Waals surface area contributed by atoms with Crippen molar-refractivity contribution in [3.8, 4) is 0 Å². The van der Waals surface area contributed by atoms with Gasteiger partial charge < -0.3 is 5.32 Å². The second-order valence-electron chi connectivity index (χ2n) is 4.52. The molecule has 0 aromatic heterocycles. The van der Waals surface area contributed by atoms with Crippen LogP contribution in [0.1, 0.15) is 37.8 Å². The van der Waals surface area contributed by atoms with E-state index in [-0.39, 0.29) is 11.8 Å². The highest BCUT2D eigenvalue weighted by Gasteiger charge is 2.26. The van der Waals surface area contributed by atoms with E-state index in [1.807, 2.05) is 0 Å². The van der Waals surface area contributed by atoms with Crippen molar-refractivity contribution >= 4 is 5.91 Å². The highest BCUT2D eigenvalue weighted by Crippen LogP contribution is 2.27. The van der Waals surface area contributed by atoms with Crippen molar-refractivity contribution in [2.45, 2.75) is 32.2 Å². The zero-order valence-electron chi connectivity index (χ0n) is 9.67. The van der Waals surface area contributed by atoms with Crippen LogP contribution in [0, 0.1) is 17.6 Å². The van der Waals surface area contributed by atoms with Gasteiger partial charge in [0.2, 0.25) is 5.91 Å². The zero-order chi connectivity index (χ0) is 12.4. The molecule has 0 bridgehead atoms. The number of hydrogen-bond donors (Lipinski definition) is 1. The van der Waals surface area contributed by atoms with Crippen LogP contribution in [0.3, 0.4) is 0 Å². The predicted octanol–water partition coefficient (Wildman–Crippen LogP) is 2.94. The molecule has 1 atom stereocenters. The molecule has 2 nitrogen and oxygen atoms in total. The van der Waals surface area contributed by atoms with Gasteiger partial charge in [-0.3, -0.25) is 4.79 Å². The summed E-state index contributed by atoms with van der Waals surface area (Å²) in [5, 5.41) is 2.76. The molecule has 92 valence electrons. The molecule has 1 saturated carbocycles. The van der Waals surface area contributed by atoms with Gasteiger partial charge in [-0.1, -0.05) is 12.5 Å². The standard InChI is InChI=1S/C13H15F2NO/c1-8(16-13(17)9-3-2-4-9)11-6-5-10(14)7-12(11)15/h5-9H,2-4H2,1H3,(H,16,17). The van der Waals surface area contributed by atoms with Gasteiger partial charge in [-0.2, -0.15) is 0 Å². The van der Waals surface area contributed by atoms with Crippen molar-refractivity contribution in [2.75, 3.05) is 0 Å². The zero-order valence-corrected chi connectivity index (χ0v) is 9.67. The Morgan fingerprint density at radius 3 is 2.65 bits per heavy atom. The van der Waals surface area contributed by atoms with Gasteiger partial charge in [0.05, 0.1) is 6.04 Å². The van der Waals surface area contributed by atoms with Crippen LogP contribution in [-0.2, 0) is 4.79 Å². The Bertz CT molecular complexity index is 429. The summed E-state index contributed by atoms with van der Waals surface area (Å²) in [7, 11) is 0. The van der Waals surface area contributed by atoms with E-state index in [4.69, 9.17) is 0 Å². The van der Waals surface area contributed by atoms with Crippen LogP contribution in [0.25, 0.3) is 0 Å². The number of rotatable bonds is 3. The predicted molar refractivity (Wildman–Crippen MR) is 60.3 cm³/mol. The molecule has 4 heteroatoms. The van der Waals surface area contributed by atoms with Gasteiger partial charge in [0.15, 0.2) is 0 Å². The number of nitrogens with one attached hydrogen (secondary N) is 1. The van der Waals surface area contributed by atoms with E-state index in [9.17, 15) is 13.6 Å². The molecule has 17 heavy (non-hydrogen) atoms. The highest BCUT2D eigenvalue weighted by molar-refractivity contribution is 5.79. The van der Waals surface area contributed by atoms with Crippen LogP contribution in [0.15, 0.2) is 18.2 Å². The minimum Gasteiger partial charge on any atom is -0.349 e. The summed E-state index contributed by atoms with van der Waals surface area (Å²) in [5.41, 5.74) is 0.319. The van der Waals surface area contributed by atoms with Crippen LogP contribution >= 0.6 is 0 Å². The average Bonchev–Trinajstić information content (AvgIpc) is 2.13. The van der Waals surface area contributed by atoms with E-state index < -0.39 is 17.7 Å². The van der Waals surface area contributed by atoms with E-state index >= 15 is 0 Å². The van der Waals surface area contributed by atoms with Crippen LogP contribution in [0.2, 0.25) is 0 Å². The molecule has 1 aromatic rings. The molecular weight excluding hydrogens is 224 g/mol. The van der Waals surface area contributed by atoms with Crippen molar-refractivity contribution < 1.29 is 13.6 Å². The van der Waals surface area contributed by atoms with Gasteiger partial charge >= 0.3 is 0 Å². The van der Waals surface area contributed by atoms with Crippen LogP contribution in [0.4, 0.5) is 8.78 Å². The van der Waals surface area contributed by atoms with Crippen molar-refractivity contribution in [3.05, 3.63) is 35.4 Å². The topological polar surface area (TPSA) is 29.1 Å². The van der Waals surface area contributed by atoms with E-state index in [0.29, 0.717) is 5.56 Å². The van der Waals surface area contributed by atoms with E-state index in [1.165, 1.54) is 12.1 Å². The fraction of sp³-hybridized carbons (Fsp3) is 0.462. The van der Waals surface area contributed by atoms with E-state index in [2.05, 4.69) is 5.32 Å². The lowest BCUT2D eigenvalue weighted by molar-refractivity contribution is -0.128. The van der Waals surface area contributed by atoms with Crippen molar-refractivity contribution in [2.24, 2.45) is 5.92 Å². The third-order valence-corrected chi connectivity index (χ3v) is 3.26. The first-order valence-electron chi connectivity index (χ1n) is 5.83. The number of amides is 1. The number of halogens is 2. The van der Waals surface area contributed by atoms with Crippen LogP contribution in [0.5, 0.6) is 0 Å². The molecule has 1 amide bonds. The third-order valence-electron chi connectivity index (χ3n) is 3.26. The maximum absolute atomic E-state index is 13.5. The van der Waals surface area contributed by atoms with Gasteiger partial charge in [-0.25, -0.2) is 8.78 Å². The normalized spacial score (nSPS) is 17.4. The summed E-state index contributed by atoms with van der Waals surface area (Å²) < 4.78 is 26.2. The Balaban J connectivity index is 2.03. The summed E-state index contributed by atoms with van der Waals surface area (Å²) in [6.45, 7) is 1.70. The Morgan fingerprint density at radius 1 is 1.41 bits per heavy atom. The molecule has 0 radical (unpaired) electrons. The molecule has 1 aliphatic carbocycles. The fourth-order valence-electron chi connectivity index (χ4n) is 1.93. The highest BCUT2D eigenvalue weighted by atomic mass is 19.1. The number of benzene rings is 1. The number of carbonyl (C=O) groups is 1. The first-order chi connectivity index (χ1) is 8.08. The molecular formula is C13H15F2NO. The van der Waals surface area contributed by atoms with Gasteiger partial charge in [-0.15, -0.1) is 0 Å². The Morgan fingerprint density at radius 2 is 2.12 bits per heavy atom. The second kappa shape index (κ2) is 4.82. The molecule has 0 heterocycles. The van der Waals surface area contributed by atoms with Crippen LogP contribution in [-0.4, -0.2) is 5.91 Å². The first kappa shape index (κ1) is 12.0. The quantitative estimate of drug-likeness (QED) is 0.863. The summed E-state index contributed by atoms with van der Waals surface area (Å²) in [6, 6.07) is 2.98. The molecule has 1 aromatic carbocycles. The maximum atomic E-state index is 13.5. The van der Waals surface area contributed by atoms with Gasteiger partial charge in [0.1, 0.15) is 11.6 Å². The molecule has 1 unspecified atom stereocenters. The van der Waals surface area contributed by atoms with Gasteiger partial charge in [0, 0.05) is 17.5 Å². The monoisotopic (exact) mass is 239 g/mol.